The molecule has 0 aromatic carbocycles. The summed E-state index contributed by atoms with van der Waals surface area (Å²) < 4.78 is 16.3. The summed E-state index contributed by atoms with van der Waals surface area (Å²) in [4.78, 5) is 11.3. The van der Waals surface area contributed by atoms with Crippen LogP contribution in [0.1, 0.15) is 26.7 Å². The van der Waals surface area contributed by atoms with E-state index < -0.39 is 5.79 Å². The van der Waals surface area contributed by atoms with Crippen molar-refractivity contribution >= 4 is 5.78 Å². The first-order valence-corrected chi connectivity index (χ1v) is 5.49. The smallest absolute Gasteiger partial charge is 0.163 e. The highest BCUT2D eigenvalue weighted by molar-refractivity contribution is 5.84. The molecule has 1 heterocycles. The average molecular weight is 214 g/mol. The first kappa shape index (κ1) is 11.0. The van der Waals surface area contributed by atoms with Gasteiger partial charge < -0.3 is 14.2 Å². The molecule has 1 saturated carbocycles. The maximum atomic E-state index is 11.3. The van der Waals surface area contributed by atoms with Gasteiger partial charge >= 0.3 is 0 Å². The van der Waals surface area contributed by atoms with Crippen molar-refractivity contribution in [1.82, 2.24) is 0 Å². The maximum absolute atomic E-state index is 11.3. The van der Waals surface area contributed by atoms with Crippen LogP contribution < -0.4 is 0 Å². The van der Waals surface area contributed by atoms with Crippen LogP contribution in [0.4, 0.5) is 0 Å². The van der Waals surface area contributed by atoms with Gasteiger partial charge in [-0.15, -0.1) is 0 Å². The predicted octanol–water partition coefficient (Wildman–Crippen LogP) is 1.13. The third-order valence-electron chi connectivity index (χ3n) is 2.65. The molecule has 4 heteroatoms. The fourth-order valence-corrected chi connectivity index (χ4v) is 1.66. The van der Waals surface area contributed by atoms with Gasteiger partial charge in [-0.3, -0.25) is 4.79 Å². The zero-order valence-corrected chi connectivity index (χ0v) is 9.32. The highest BCUT2D eigenvalue weighted by Gasteiger charge is 2.33. The SMILES string of the molecule is CC1(C)OC[C@H](COCC(=O)C2CC2)O1. The van der Waals surface area contributed by atoms with Crippen molar-refractivity contribution in [2.24, 2.45) is 5.92 Å². The molecule has 0 spiro atoms. The van der Waals surface area contributed by atoms with Crippen molar-refractivity contribution in [3.05, 3.63) is 0 Å². The average Bonchev–Trinajstić information content (AvgIpc) is 2.92. The van der Waals surface area contributed by atoms with Gasteiger partial charge in [0.1, 0.15) is 12.7 Å². The Hall–Kier alpha value is -0.450. The van der Waals surface area contributed by atoms with Gasteiger partial charge in [0.25, 0.3) is 0 Å². The van der Waals surface area contributed by atoms with Gasteiger partial charge in [-0.2, -0.15) is 0 Å². The van der Waals surface area contributed by atoms with Crippen LogP contribution in [0.25, 0.3) is 0 Å². The van der Waals surface area contributed by atoms with E-state index in [9.17, 15) is 4.79 Å². The maximum Gasteiger partial charge on any atom is 0.163 e. The molecule has 1 saturated heterocycles. The largest absolute Gasteiger partial charge is 0.371 e. The molecule has 86 valence electrons. The van der Waals surface area contributed by atoms with Crippen LogP contribution in [0.15, 0.2) is 0 Å². The number of Topliss-reactive ketones (excluding diaryl/α,β-unsaturated/α-hetero) is 1. The minimum absolute atomic E-state index is 0.0352. The Balaban J connectivity index is 1.60. The van der Waals surface area contributed by atoms with E-state index in [1.54, 1.807) is 0 Å². The number of carbonyl (C=O) groups is 1. The van der Waals surface area contributed by atoms with Gasteiger partial charge in [0.2, 0.25) is 0 Å². The second kappa shape index (κ2) is 4.20. The first-order valence-electron chi connectivity index (χ1n) is 5.49. The summed E-state index contributed by atoms with van der Waals surface area (Å²) in [6.07, 6.45) is 2.04. The molecule has 1 aliphatic carbocycles. The molecule has 2 rings (SSSR count). The molecule has 1 aliphatic heterocycles. The minimum Gasteiger partial charge on any atom is -0.371 e. The summed E-state index contributed by atoms with van der Waals surface area (Å²) in [5.41, 5.74) is 0. The van der Waals surface area contributed by atoms with Crippen LogP contribution in [0.3, 0.4) is 0 Å². The molecule has 1 atom stereocenters. The van der Waals surface area contributed by atoms with Crippen LogP contribution in [0.2, 0.25) is 0 Å². The number of hydrogen-bond donors (Lipinski definition) is 0. The molecule has 15 heavy (non-hydrogen) atoms. The van der Waals surface area contributed by atoms with Crippen molar-refractivity contribution in [2.75, 3.05) is 19.8 Å². The molecule has 0 radical (unpaired) electrons. The van der Waals surface area contributed by atoms with Crippen LogP contribution in [-0.4, -0.2) is 37.5 Å². The molecule has 2 aliphatic rings. The first-order chi connectivity index (χ1) is 7.07. The van der Waals surface area contributed by atoms with Gasteiger partial charge in [-0.05, 0) is 26.7 Å². The summed E-state index contributed by atoms with van der Waals surface area (Å²) in [5.74, 6) is 0.00417. The fraction of sp³-hybridized carbons (Fsp3) is 0.909. The highest BCUT2D eigenvalue weighted by Crippen LogP contribution is 2.29. The molecule has 0 amide bonds. The Kier molecular flexibility index (Phi) is 3.09. The lowest BCUT2D eigenvalue weighted by molar-refractivity contribution is -0.146. The van der Waals surface area contributed by atoms with E-state index in [4.69, 9.17) is 14.2 Å². The van der Waals surface area contributed by atoms with E-state index in [0.29, 0.717) is 13.2 Å². The lowest BCUT2D eigenvalue weighted by Gasteiger charge is -2.16. The lowest BCUT2D eigenvalue weighted by Crippen LogP contribution is -2.25. The van der Waals surface area contributed by atoms with E-state index in [-0.39, 0.29) is 24.4 Å². The van der Waals surface area contributed by atoms with Crippen molar-refractivity contribution in [2.45, 2.75) is 38.6 Å². The Bertz CT molecular complexity index is 245. The predicted molar refractivity (Wildman–Crippen MR) is 53.5 cm³/mol. The van der Waals surface area contributed by atoms with Crippen LogP contribution in [0.5, 0.6) is 0 Å². The number of hydrogen-bond acceptors (Lipinski definition) is 4. The van der Waals surface area contributed by atoms with Gasteiger partial charge in [0.15, 0.2) is 11.6 Å². The molecular formula is C11H18O4. The van der Waals surface area contributed by atoms with Crippen molar-refractivity contribution in [3.8, 4) is 0 Å². The summed E-state index contributed by atoms with van der Waals surface area (Å²) in [6, 6.07) is 0. The van der Waals surface area contributed by atoms with E-state index in [2.05, 4.69) is 0 Å². The van der Waals surface area contributed by atoms with E-state index in [1.807, 2.05) is 13.8 Å². The monoisotopic (exact) mass is 214 g/mol. The Morgan fingerprint density at radius 1 is 1.47 bits per heavy atom. The molecule has 0 unspecified atom stereocenters. The number of carbonyl (C=O) groups excluding carboxylic acids is 1. The summed E-state index contributed by atoms with van der Waals surface area (Å²) in [5, 5.41) is 0. The summed E-state index contributed by atoms with van der Waals surface area (Å²) >= 11 is 0. The van der Waals surface area contributed by atoms with Crippen molar-refractivity contribution < 1.29 is 19.0 Å². The van der Waals surface area contributed by atoms with Gasteiger partial charge in [-0.25, -0.2) is 0 Å². The van der Waals surface area contributed by atoms with Crippen molar-refractivity contribution in [1.29, 1.82) is 0 Å². The standard InChI is InChI=1S/C11H18O4/c1-11(2)14-6-9(15-11)5-13-7-10(12)8-3-4-8/h8-9H,3-7H2,1-2H3/t9-/m0/s1. The Morgan fingerprint density at radius 2 is 2.20 bits per heavy atom. The van der Waals surface area contributed by atoms with Crippen LogP contribution in [-0.2, 0) is 19.0 Å². The quantitative estimate of drug-likeness (QED) is 0.688. The molecular weight excluding hydrogens is 196 g/mol. The fourth-order valence-electron chi connectivity index (χ4n) is 1.66. The van der Waals surface area contributed by atoms with Crippen molar-refractivity contribution in [3.63, 3.8) is 0 Å². The second-order valence-electron chi connectivity index (χ2n) is 4.71. The van der Waals surface area contributed by atoms with E-state index >= 15 is 0 Å². The summed E-state index contributed by atoms with van der Waals surface area (Å²) in [6.45, 7) is 4.97. The lowest BCUT2D eigenvalue weighted by atomic mass is 10.3. The number of rotatable bonds is 5. The Morgan fingerprint density at radius 3 is 2.73 bits per heavy atom. The zero-order valence-electron chi connectivity index (χ0n) is 9.32. The molecule has 0 bridgehead atoms. The Labute approximate surface area is 89.9 Å². The zero-order chi connectivity index (χ0) is 10.9. The van der Waals surface area contributed by atoms with Gasteiger partial charge in [0.05, 0.1) is 13.2 Å². The molecule has 0 N–H and O–H groups in total. The molecule has 0 aromatic rings. The van der Waals surface area contributed by atoms with Gasteiger partial charge in [0, 0.05) is 5.92 Å². The third-order valence-corrected chi connectivity index (χ3v) is 2.65. The van der Waals surface area contributed by atoms with Gasteiger partial charge in [-0.1, -0.05) is 0 Å². The van der Waals surface area contributed by atoms with Crippen LogP contribution in [0, 0.1) is 5.92 Å². The van der Waals surface area contributed by atoms with E-state index in [1.165, 1.54) is 0 Å². The third kappa shape index (κ3) is 3.26. The highest BCUT2D eigenvalue weighted by atomic mass is 16.7. The van der Waals surface area contributed by atoms with Crippen LogP contribution >= 0.6 is 0 Å². The second-order valence-corrected chi connectivity index (χ2v) is 4.71. The number of ketones is 1. The topological polar surface area (TPSA) is 44.8 Å². The normalized spacial score (nSPS) is 29.3. The molecule has 4 nitrogen and oxygen atoms in total. The molecule has 0 aromatic heterocycles. The summed E-state index contributed by atoms with van der Waals surface area (Å²) in [7, 11) is 0. The van der Waals surface area contributed by atoms with E-state index in [0.717, 1.165) is 12.8 Å². The number of ether oxygens (including phenoxy) is 3. The molecule has 2 fully saturated rings. The minimum atomic E-state index is -0.505.